The van der Waals surface area contributed by atoms with E-state index in [2.05, 4.69) is 10.3 Å². The highest BCUT2D eigenvalue weighted by molar-refractivity contribution is 5.80. The summed E-state index contributed by atoms with van der Waals surface area (Å²) in [5, 5.41) is 11.5. The van der Waals surface area contributed by atoms with E-state index in [1.165, 1.54) is 6.07 Å². The van der Waals surface area contributed by atoms with E-state index in [-0.39, 0.29) is 12.5 Å². The van der Waals surface area contributed by atoms with Crippen LogP contribution in [0.1, 0.15) is 23.9 Å². The molecule has 1 amide bonds. The van der Waals surface area contributed by atoms with Crippen molar-refractivity contribution in [3.05, 3.63) is 77.6 Å². The molecule has 0 spiro atoms. The number of rotatable bonds is 6. The highest BCUT2D eigenvalue weighted by atomic mass is 19.1. The summed E-state index contributed by atoms with van der Waals surface area (Å²) in [6.07, 6.45) is 2.57. The van der Waals surface area contributed by atoms with Crippen LogP contribution in [0, 0.1) is 24.1 Å². The minimum absolute atomic E-state index is 0.181. The first-order chi connectivity index (χ1) is 13.5. The van der Waals surface area contributed by atoms with Crippen LogP contribution in [0.5, 0.6) is 5.75 Å². The number of benzene rings is 2. The van der Waals surface area contributed by atoms with Crippen molar-refractivity contribution in [2.24, 2.45) is 0 Å². The number of aryl methyl sites for hydroxylation is 1. The average Bonchev–Trinajstić information content (AvgIpc) is 3.12. The molecular formula is C21H19FN4O2. The van der Waals surface area contributed by atoms with Crippen molar-refractivity contribution in [1.82, 2.24) is 14.9 Å². The number of ether oxygens (including phenoxy) is 1. The van der Waals surface area contributed by atoms with Gasteiger partial charge in [0, 0.05) is 18.9 Å². The molecule has 0 aliphatic rings. The van der Waals surface area contributed by atoms with E-state index in [0.29, 0.717) is 28.4 Å². The molecule has 1 unspecified atom stereocenters. The zero-order valence-electron chi connectivity index (χ0n) is 15.5. The van der Waals surface area contributed by atoms with Gasteiger partial charge in [0.15, 0.2) is 6.10 Å². The van der Waals surface area contributed by atoms with Gasteiger partial charge in [-0.1, -0.05) is 6.07 Å². The first kappa shape index (κ1) is 19.1. The molecular weight excluding hydrogens is 359 g/mol. The zero-order valence-corrected chi connectivity index (χ0v) is 15.5. The summed E-state index contributed by atoms with van der Waals surface area (Å²) in [5.74, 6) is 0.468. The molecule has 3 rings (SSSR count). The fourth-order valence-electron chi connectivity index (χ4n) is 2.69. The predicted octanol–water partition coefficient (Wildman–Crippen LogP) is 3.28. The third-order valence-electron chi connectivity index (χ3n) is 4.23. The van der Waals surface area contributed by atoms with E-state index >= 15 is 0 Å². The van der Waals surface area contributed by atoms with Crippen LogP contribution < -0.4 is 10.1 Å². The summed E-state index contributed by atoms with van der Waals surface area (Å²) < 4.78 is 21.6. The summed E-state index contributed by atoms with van der Waals surface area (Å²) in [4.78, 5) is 16.3. The van der Waals surface area contributed by atoms with Gasteiger partial charge in [0.05, 0.1) is 17.3 Å². The lowest BCUT2D eigenvalue weighted by Crippen LogP contribution is -2.35. The number of amides is 1. The Balaban J connectivity index is 1.58. The van der Waals surface area contributed by atoms with Gasteiger partial charge < -0.3 is 14.6 Å². The van der Waals surface area contributed by atoms with Crippen molar-refractivity contribution < 1.29 is 13.9 Å². The van der Waals surface area contributed by atoms with Crippen LogP contribution in [-0.2, 0) is 11.3 Å². The maximum atomic E-state index is 14.4. The molecule has 0 saturated carbocycles. The number of carbonyl (C=O) groups excluding carboxylic acids is 1. The molecule has 0 radical (unpaired) electrons. The highest BCUT2D eigenvalue weighted by Gasteiger charge is 2.15. The van der Waals surface area contributed by atoms with Crippen molar-refractivity contribution in [3.63, 3.8) is 0 Å². The molecule has 2 aromatic carbocycles. The summed E-state index contributed by atoms with van der Waals surface area (Å²) in [7, 11) is 0. The molecule has 0 aliphatic heterocycles. The number of hydrogen-bond donors (Lipinski definition) is 1. The fraction of sp³-hybridized carbons (Fsp3) is 0.190. The SMILES string of the molecule is Cc1nccn1-c1ccc(CNC(=O)C(C)Oc2ccc(C#N)cc2)cc1F. The maximum Gasteiger partial charge on any atom is 0.261 e. The lowest BCUT2D eigenvalue weighted by Gasteiger charge is -2.15. The van der Waals surface area contributed by atoms with Gasteiger partial charge in [-0.2, -0.15) is 5.26 Å². The Hall–Kier alpha value is -3.66. The zero-order chi connectivity index (χ0) is 20.1. The van der Waals surface area contributed by atoms with Gasteiger partial charge in [-0.15, -0.1) is 0 Å². The van der Waals surface area contributed by atoms with Crippen LogP contribution in [0.3, 0.4) is 0 Å². The summed E-state index contributed by atoms with van der Waals surface area (Å²) in [6, 6.07) is 13.3. The van der Waals surface area contributed by atoms with Crippen molar-refractivity contribution in [3.8, 4) is 17.5 Å². The molecule has 1 heterocycles. The fourth-order valence-corrected chi connectivity index (χ4v) is 2.69. The van der Waals surface area contributed by atoms with Crippen LogP contribution in [0.15, 0.2) is 54.9 Å². The van der Waals surface area contributed by atoms with Gasteiger partial charge in [0.2, 0.25) is 0 Å². The smallest absolute Gasteiger partial charge is 0.261 e. The molecule has 7 heteroatoms. The maximum absolute atomic E-state index is 14.4. The Morgan fingerprint density at radius 3 is 2.68 bits per heavy atom. The van der Waals surface area contributed by atoms with Crippen LogP contribution >= 0.6 is 0 Å². The molecule has 0 saturated heterocycles. The number of imidazole rings is 1. The number of nitrogens with zero attached hydrogens (tertiary/aromatic N) is 3. The van der Waals surface area contributed by atoms with Gasteiger partial charge in [0.1, 0.15) is 17.4 Å². The molecule has 0 fully saturated rings. The Morgan fingerprint density at radius 1 is 1.32 bits per heavy atom. The number of halogens is 1. The van der Waals surface area contributed by atoms with E-state index in [4.69, 9.17) is 10.00 Å². The standard InChI is InChI=1S/C21H19FN4O2/c1-14(28-18-6-3-16(12-23)4-7-18)21(27)25-13-17-5-8-20(19(22)11-17)26-10-9-24-15(26)2/h3-11,14H,13H2,1-2H3,(H,25,27). The van der Waals surface area contributed by atoms with E-state index in [1.807, 2.05) is 6.07 Å². The molecule has 3 aromatic rings. The quantitative estimate of drug-likeness (QED) is 0.714. The molecule has 28 heavy (non-hydrogen) atoms. The molecule has 0 aliphatic carbocycles. The Morgan fingerprint density at radius 2 is 2.07 bits per heavy atom. The summed E-state index contributed by atoms with van der Waals surface area (Å²) in [6.45, 7) is 3.60. The molecule has 1 N–H and O–H groups in total. The number of nitrogens with one attached hydrogen (secondary N) is 1. The third kappa shape index (κ3) is 4.35. The lowest BCUT2D eigenvalue weighted by atomic mass is 10.2. The number of nitriles is 1. The van der Waals surface area contributed by atoms with Crippen molar-refractivity contribution in [2.45, 2.75) is 26.5 Å². The first-order valence-electron chi connectivity index (χ1n) is 8.71. The number of hydrogen-bond acceptors (Lipinski definition) is 4. The number of aromatic nitrogens is 2. The minimum atomic E-state index is -0.731. The first-order valence-corrected chi connectivity index (χ1v) is 8.71. The van der Waals surface area contributed by atoms with Crippen molar-refractivity contribution in [2.75, 3.05) is 0 Å². The van der Waals surface area contributed by atoms with Gasteiger partial charge in [-0.3, -0.25) is 4.79 Å². The molecule has 1 aromatic heterocycles. The van der Waals surface area contributed by atoms with E-state index in [1.54, 1.807) is 67.2 Å². The van der Waals surface area contributed by atoms with Crippen LogP contribution in [0.25, 0.3) is 5.69 Å². The molecule has 0 bridgehead atoms. The topological polar surface area (TPSA) is 79.9 Å². The lowest BCUT2D eigenvalue weighted by molar-refractivity contribution is -0.127. The summed E-state index contributed by atoms with van der Waals surface area (Å²) >= 11 is 0. The van der Waals surface area contributed by atoms with Crippen LogP contribution in [0.4, 0.5) is 4.39 Å². The highest BCUT2D eigenvalue weighted by Crippen LogP contribution is 2.17. The average molecular weight is 378 g/mol. The van der Waals surface area contributed by atoms with Gasteiger partial charge in [-0.25, -0.2) is 9.37 Å². The Kier molecular flexibility index (Phi) is 5.70. The van der Waals surface area contributed by atoms with Crippen molar-refractivity contribution >= 4 is 5.91 Å². The molecule has 142 valence electrons. The monoisotopic (exact) mass is 378 g/mol. The van der Waals surface area contributed by atoms with Gasteiger partial charge in [0.25, 0.3) is 5.91 Å². The Bertz CT molecular complexity index is 1020. The molecule has 6 nitrogen and oxygen atoms in total. The van der Waals surface area contributed by atoms with Crippen LogP contribution in [-0.4, -0.2) is 21.6 Å². The Labute approximate surface area is 162 Å². The summed E-state index contributed by atoms with van der Waals surface area (Å²) in [5.41, 5.74) is 1.56. The van der Waals surface area contributed by atoms with Crippen LogP contribution in [0.2, 0.25) is 0 Å². The van der Waals surface area contributed by atoms with Gasteiger partial charge in [-0.05, 0) is 55.8 Å². The predicted molar refractivity (Wildman–Crippen MR) is 101 cm³/mol. The van der Waals surface area contributed by atoms with Gasteiger partial charge >= 0.3 is 0 Å². The normalized spacial score (nSPS) is 11.5. The minimum Gasteiger partial charge on any atom is -0.481 e. The second-order valence-corrected chi connectivity index (χ2v) is 6.24. The van der Waals surface area contributed by atoms with E-state index in [9.17, 15) is 9.18 Å². The second-order valence-electron chi connectivity index (χ2n) is 6.24. The van der Waals surface area contributed by atoms with Crippen molar-refractivity contribution in [1.29, 1.82) is 5.26 Å². The number of carbonyl (C=O) groups is 1. The second kappa shape index (κ2) is 8.35. The molecule has 1 atom stereocenters. The van der Waals surface area contributed by atoms with E-state index < -0.39 is 11.9 Å². The van der Waals surface area contributed by atoms with E-state index in [0.717, 1.165) is 0 Å². The largest absolute Gasteiger partial charge is 0.481 e. The third-order valence-corrected chi connectivity index (χ3v) is 4.23.